The highest BCUT2D eigenvalue weighted by Gasteiger charge is 2.05. The molecule has 4 nitrogen and oxygen atoms in total. The van der Waals surface area contributed by atoms with Crippen molar-refractivity contribution in [1.29, 1.82) is 0 Å². The number of nitrogens with zero attached hydrogens (tertiary/aromatic N) is 2. The van der Waals surface area contributed by atoms with Gasteiger partial charge in [0.2, 0.25) is 0 Å². The zero-order valence-electron chi connectivity index (χ0n) is 29.1. The number of halogens is 1. The van der Waals surface area contributed by atoms with Gasteiger partial charge in [-0.25, -0.2) is 0 Å². The number of hydrogen-bond donors (Lipinski definition) is 0. The van der Waals surface area contributed by atoms with E-state index in [0.29, 0.717) is 0 Å². The molecule has 0 saturated carbocycles. The van der Waals surface area contributed by atoms with Gasteiger partial charge in [-0.2, -0.15) is 0 Å². The molecule has 40 heavy (non-hydrogen) atoms. The Kier molecular flexibility index (Phi) is 36.9. The molecule has 0 fully saturated rings. The Labute approximate surface area is 253 Å². The van der Waals surface area contributed by atoms with E-state index in [-0.39, 0.29) is 0 Å². The molecule has 0 spiro atoms. The Bertz CT molecular complexity index is 413. The van der Waals surface area contributed by atoms with E-state index >= 15 is 0 Å². The predicted molar refractivity (Wildman–Crippen MR) is 175 cm³/mol. The minimum Gasteiger partial charge on any atom is -0.867 e. The lowest BCUT2D eigenvalue weighted by Gasteiger charge is -2.23. The first-order chi connectivity index (χ1) is 18.9. The van der Waals surface area contributed by atoms with Crippen LogP contribution in [0.5, 0.6) is 0 Å². The van der Waals surface area contributed by atoms with Crippen LogP contribution in [-0.4, -0.2) is 71.7 Å². The van der Waals surface area contributed by atoms with Crippen LogP contribution in [0.25, 0.3) is 0 Å². The second-order valence-corrected chi connectivity index (χ2v) is 14.1. The summed E-state index contributed by atoms with van der Waals surface area (Å²) in [6.45, 7) is 7.24. The minimum absolute atomic E-state index is 1.12. The van der Waals surface area contributed by atoms with Gasteiger partial charge in [0.15, 0.2) is 0 Å². The van der Waals surface area contributed by atoms with Crippen LogP contribution in [-0.2, 0) is 0 Å². The van der Waals surface area contributed by atoms with Crippen molar-refractivity contribution in [2.24, 2.45) is 0 Å². The predicted octanol–water partition coefficient (Wildman–Crippen LogP) is 8.45. The highest BCUT2D eigenvalue weighted by Crippen LogP contribution is 2.13. The van der Waals surface area contributed by atoms with Gasteiger partial charge in [-0.3, -0.25) is 0 Å². The molecule has 0 rings (SSSR count). The van der Waals surface area contributed by atoms with Crippen LogP contribution in [0.4, 0.5) is 4.32 Å². The molecular formula is C34H76BFN2O2. The van der Waals surface area contributed by atoms with Crippen molar-refractivity contribution in [2.45, 2.75) is 168 Å². The SMILES string of the molecule is CCCCCCCCCCCCCC[N+](C)(C)C.CCCCCCCCCCCCCC[N+](C)(C)C.[O-]B([O-])F. The van der Waals surface area contributed by atoms with Gasteiger partial charge < -0.3 is 23.3 Å². The molecule has 0 N–H and O–H groups in total. The largest absolute Gasteiger partial charge is 0.867 e. The first-order valence-corrected chi connectivity index (χ1v) is 17.4. The monoisotopic (exact) mass is 575 g/mol. The lowest BCUT2D eigenvalue weighted by atomic mass is 10.1. The molecule has 0 atom stereocenters. The maximum absolute atomic E-state index is 9.89. The number of hydrogen-bond acceptors (Lipinski definition) is 2. The normalized spacial score (nSPS) is 11.5. The summed E-state index contributed by atoms with van der Waals surface area (Å²) in [6, 6.07) is 0. The average molecular weight is 575 g/mol. The summed E-state index contributed by atoms with van der Waals surface area (Å²) in [5.41, 5.74) is 0. The van der Waals surface area contributed by atoms with Gasteiger partial charge in [-0.05, 0) is 25.7 Å². The van der Waals surface area contributed by atoms with Gasteiger partial charge >= 0.3 is 0 Å². The van der Waals surface area contributed by atoms with Crippen LogP contribution < -0.4 is 10.0 Å². The molecule has 0 amide bonds. The topological polar surface area (TPSA) is 46.1 Å². The molecule has 0 aliphatic carbocycles. The Morgan fingerprint density at radius 1 is 0.375 bits per heavy atom. The third kappa shape index (κ3) is 57.7. The van der Waals surface area contributed by atoms with Gasteiger partial charge in [-0.1, -0.05) is 142 Å². The van der Waals surface area contributed by atoms with Crippen molar-refractivity contribution in [1.82, 2.24) is 0 Å². The second-order valence-electron chi connectivity index (χ2n) is 14.1. The molecule has 0 aromatic carbocycles. The number of quaternary nitrogens is 2. The van der Waals surface area contributed by atoms with E-state index in [0.717, 1.165) is 8.97 Å². The summed E-state index contributed by atoms with van der Waals surface area (Å²) in [5.74, 6) is 0. The summed E-state index contributed by atoms with van der Waals surface area (Å²) >= 11 is 0. The lowest BCUT2D eigenvalue weighted by molar-refractivity contribution is -0.870. The Balaban J connectivity index is -0.000000603. The summed E-state index contributed by atoms with van der Waals surface area (Å²) in [5, 5.41) is 16.6. The van der Waals surface area contributed by atoms with Crippen LogP contribution >= 0.6 is 0 Å². The highest BCUT2D eigenvalue weighted by molar-refractivity contribution is 6.27. The fourth-order valence-electron chi connectivity index (χ4n) is 4.85. The summed E-state index contributed by atoms with van der Waals surface area (Å²) in [4.78, 5) is 0. The first kappa shape index (κ1) is 44.3. The van der Waals surface area contributed by atoms with E-state index in [1.807, 2.05) is 0 Å². The maximum atomic E-state index is 9.89. The fraction of sp³-hybridized carbons (Fsp3) is 1.00. The van der Waals surface area contributed by atoms with Crippen molar-refractivity contribution >= 4 is 7.40 Å². The highest BCUT2D eigenvalue weighted by atomic mass is 19.1. The minimum atomic E-state index is -3.17. The fourth-order valence-corrected chi connectivity index (χ4v) is 4.85. The van der Waals surface area contributed by atoms with Crippen LogP contribution in [0.3, 0.4) is 0 Å². The molecule has 0 radical (unpaired) electrons. The quantitative estimate of drug-likeness (QED) is 0.0591. The van der Waals surface area contributed by atoms with E-state index in [4.69, 9.17) is 10.0 Å². The first-order valence-electron chi connectivity index (χ1n) is 17.4. The van der Waals surface area contributed by atoms with Crippen molar-refractivity contribution in [2.75, 3.05) is 55.4 Å². The number of unbranched alkanes of at least 4 members (excludes halogenated alkanes) is 22. The molecule has 0 aromatic rings. The molecular weight excluding hydrogens is 498 g/mol. The Morgan fingerprint density at radius 3 is 0.675 bits per heavy atom. The van der Waals surface area contributed by atoms with E-state index in [2.05, 4.69) is 56.1 Å². The van der Waals surface area contributed by atoms with Crippen molar-refractivity contribution in [3.05, 3.63) is 0 Å². The Morgan fingerprint density at radius 2 is 0.525 bits per heavy atom. The van der Waals surface area contributed by atoms with Gasteiger partial charge in [0.25, 0.3) is 0 Å². The van der Waals surface area contributed by atoms with E-state index in [1.165, 1.54) is 167 Å². The van der Waals surface area contributed by atoms with Crippen molar-refractivity contribution in [3.8, 4) is 0 Å². The van der Waals surface area contributed by atoms with Crippen molar-refractivity contribution in [3.63, 3.8) is 0 Å². The number of rotatable bonds is 26. The summed E-state index contributed by atoms with van der Waals surface area (Å²) in [7, 11) is 10.6. The molecule has 0 aromatic heterocycles. The van der Waals surface area contributed by atoms with Gasteiger partial charge in [0.05, 0.1) is 55.4 Å². The summed E-state index contributed by atoms with van der Waals surface area (Å²) < 4.78 is 12.1. The zero-order valence-corrected chi connectivity index (χ0v) is 29.1. The maximum Gasteiger partial charge on any atom is 0.121 e. The van der Waals surface area contributed by atoms with Crippen LogP contribution in [0.2, 0.25) is 0 Å². The molecule has 0 aliphatic heterocycles. The van der Waals surface area contributed by atoms with Gasteiger partial charge in [0, 0.05) is 0 Å². The van der Waals surface area contributed by atoms with Crippen LogP contribution in [0.1, 0.15) is 168 Å². The zero-order chi connectivity index (χ0) is 31.0. The average Bonchev–Trinajstić information content (AvgIpc) is 2.84. The molecule has 6 heteroatoms. The Hall–Kier alpha value is -0.165. The molecule has 0 aliphatic rings. The van der Waals surface area contributed by atoms with E-state index in [1.54, 1.807) is 0 Å². The second kappa shape index (κ2) is 33.3. The molecule has 0 bridgehead atoms. The third-order valence-corrected chi connectivity index (χ3v) is 7.36. The van der Waals surface area contributed by atoms with Gasteiger partial charge in [0.1, 0.15) is 7.40 Å². The standard InChI is InChI=1S/2C17H38N.BFO2/c2*1-5-6-7-8-9-10-11-12-13-14-15-16-17-18(2,3)4;2-1(3)4/h2*5-17H2,1-4H3;/q2*+1;-2. The third-order valence-electron chi connectivity index (χ3n) is 7.36. The lowest BCUT2D eigenvalue weighted by Crippen LogP contribution is -2.39. The van der Waals surface area contributed by atoms with Crippen molar-refractivity contribution < 1.29 is 23.3 Å². The van der Waals surface area contributed by atoms with Crippen LogP contribution in [0, 0.1) is 0 Å². The van der Waals surface area contributed by atoms with Gasteiger partial charge in [-0.15, -0.1) is 0 Å². The molecule has 0 saturated heterocycles. The van der Waals surface area contributed by atoms with E-state index in [9.17, 15) is 4.32 Å². The molecule has 0 unspecified atom stereocenters. The molecule has 244 valence electrons. The smallest absolute Gasteiger partial charge is 0.121 e. The molecule has 0 heterocycles. The van der Waals surface area contributed by atoms with Crippen LogP contribution in [0.15, 0.2) is 0 Å². The van der Waals surface area contributed by atoms with E-state index < -0.39 is 7.40 Å². The summed E-state index contributed by atoms with van der Waals surface area (Å²) in [6.07, 6.45) is 34.8.